The van der Waals surface area contributed by atoms with Gasteiger partial charge in [0.1, 0.15) is 5.75 Å². The van der Waals surface area contributed by atoms with E-state index >= 15 is 0 Å². The van der Waals surface area contributed by atoms with Crippen LogP contribution in [0.1, 0.15) is 26.7 Å². The molecule has 0 aliphatic carbocycles. The normalized spacial score (nSPS) is 11.3. The number of methoxy groups -OCH3 is 1. The molecule has 1 atom stereocenters. The van der Waals surface area contributed by atoms with E-state index in [0.717, 1.165) is 12.8 Å². The van der Waals surface area contributed by atoms with Gasteiger partial charge in [0.05, 0.1) is 18.5 Å². The fraction of sp³-hybridized carbons (Fsp3) is 0.462. The van der Waals surface area contributed by atoms with Crippen LogP contribution in [-0.2, 0) is 4.79 Å². The molecule has 3 N–H and O–H groups in total. The number of rotatable bonds is 5. The highest BCUT2D eigenvalue weighted by Gasteiger charge is 2.13. The first-order valence-electron chi connectivity index (χ1n) is 5.82. The zero-order valence-electron chi connectivity index (χ0n) is 11.0. The van der Waals surface area contributed by atoms with Crippen molar-refractivity contribution in [3.8, 4) is 5.75 Å². The Labute approximate surface area is 114 Å². The quantitative estimate of drug-likeness (QED) is 0.810. The molecule has 102 valence electrons. The second-order valence-corrected chi connectivity index (χ2v) is 4.13. The van der Waals surface area contributed by atoms with Gasteiger partial charge in [-0.1, -0.05) is 20.3 Å². The summed E-state index contributed by atoms with van der Waals surface area (Å²) < 4.78 is 5.09. The highest BCUT2D eigenvalue weighted by Crippen LogP contribution is 2.25. The lowest BCUT2D eigenvalue weighted by atomic mass is 10.1. The predicted octanol–water partition coefficient (Wildman–Crippen LogP) is 3.07. The molecule has 4 nitrogen and oxygen atoms in total. The van der Waals surface area contributed by atoms with Gasteiger partial charge in [-0.3, -0.25) is 4.79 Å². The number of benzene rings is 1. The van der Waals surface area contributed by atoms with E-state index in [2.05, 4.69) is 12.2 Å². The Morgan fingerprint density at radius 3 is 2.72 bits per heavy atom. The highest BCUT2D eigenvalue weighted by molar-refractivity contribution is 5.95. The Morgan fingerprint density at radius 2 is 2.17 bits per heavy atom. The van der Waals surface area contributed by atoms with Crippen LogP contribution in [0.3, 0.4) is 0 Å². The minimum Gasteiger partial charge on any atom is -0.497 e. The first-order valence-corrected chi connectivity index (χ1v) is 5.82. The molecule has 0 saturated carbocycles. The lowest BCUT2D eigenvalue weighted by Crippen LogP contribution is -2.20. The Kier molecular flexibility index (Phi) is 7.20. The summed E-state index contributed by atoms with van der Waals surface area (Å²) in [7, 11) is 1.58. The summed E-state index contributed by atoms with van der Waals surface area (Å²) in [6, 6.07) is 5.21. The van der Waals surface area contributed by atoms with E-state index in [1.807, 2.05) is 6.92 Å². The highest BCUT2D eigenvalue weighted by atomic mass is 35.5. The molecule has 0 aliphatic rings. The smallest absolute Gasteiger partial charge is 0.227 e. The van der Waals surface area contributed by atoms with E-state index in [9.17, 15) is 4.79 Å². The van der Waals surface area contributed by atoms with Crippen molar-refractivity contribution >= 4 is 29.7 Å². The van der Waals surface area contributed by atoms with Gasteiger partial charge in [0.15, 0.2) is 0 Å². The number of anilines is 2. The van der Waals surface area contributed by atoms with Gasteiger partial charge in [-0.15, -0.1) is 12.4 Å². The maximum absolute atomic E-state index is 11.8. The van der Waals surface area contributed by atoms with E-state index in [1.54, 1.807) is 25.3 Å². The number of hydrogen-bond donors (Lipinski definition) is 2. The number of halogens is 1. The second-order valence-electron chi connectivity index (χ2n) is 4.13. The molecule has 0 heterocycles. The fourth-order valence-corrected chi connectivity index (χ4v) is 1.59. The molecule has 0 radical (unpaired) electrons. The lowest BCUT2D eigenvalue weighted by molar-refractivity contribution is -0.119. The first kappa shape index (κ1) is 16.6. The first-order chi connectivity index (χ1) is 8.08. The third kappa shape index (κ3) is 4.45. The van der Waals surface area contributed by atoms with E-state index in [4.69, 9.17) is 10.5 Å². The molecule has 1 unspecified atom stereocenters. The van der Waals surface area contributed by atoms with E-state index in [-0.39, 0.29) is 24.2 Å². The number of nitrogens with two attached hydrogens (primary N) is 1. The van der Waals surface area contributed by atoms with Gasteiger partial charge in [-0.25, -0.2) is 0 Å². The minimum atomic E-state index is -0.00870. The minimum absolute atomic E-state index is 0. The van der Waals surface area contributed by atoms with Crippen molar-refractivity contribution in [1.29, 1.82) is 0 Å². The van der Waals surface area contributed by atoms with Crippen molar-refractivity contribution in [2.24, 2.45) is 5.92 Å². The van der Waals surface area contributed by atoms with E-state index in [0.29, 0.717) is 17.1 Å². The van der Waals surface area contributed by atoms with Gasteiger partial charge >= 0.3 is 0 Å². The average molecular weight is 273 g/mol. The van der Waals surface area contributed by atoms with Crippen LogP contribution in [0.4, 0.5) is 11.4 Å². The van der Waals surface area contributed by atoms with Crippen LogP contribution in [-0.4, -0.2) is 13.0 Å². The van der Waals surface area contributed by atoms with Gasteiger partial charge in [-0.2, -0.15) is 0 Å². The molecule has 0 bridgehead atoms. The number of nitrogen functional groups attached to an aromatic ring is 1. The number of amides is 1. The Hall–Kier alpha value is -1.42. The number of carbonyl (C=O) groups excluding carboxylic acids is 1. The second kappa shape index (κ2) is 7.82. The summed E-state index contributed by atoms with van der Waals surface area (Å²) in [5, 5.41) is 2.83. The molecule has 0 aliphatic heterocycles. The van der Waals surface area contributed by atoms with Crippen LogP contribution < -0.4 is 15.8 Å². The fourth-order valence-electron chi connectivity index (χ4n) is 1.59. The van der Waals surface area contributed by atoms with Crippen LogP contribution in [0.25, 0.3) is 0 Å². The van der Waals surface area contributed by atoms with Gasteiger partial charge < -0.3 is 15.8 Å². The Morgan fingerprint density at radius 1 is 1.50 bits per heavy atom. The van der Waals surface area contributed by atoms with Crippen LogP contribution in [0.2, 0.25) is 0 Å². The molecule has 18 heavy (non-hydrogen) atoms. The van der Waals surface area contributed by atoms with Gasteiger partial charge in [0.2, 0.25) is 5.91 Å². The molecule has 1 aromatic rings. The largest absolute Gasteiger partial charge is 0.497 e. The van der Waals surface area contributed by atoms with Crippen molar-refractivity contribution in [2.75, 3.05) is 18.2 Å². The zero-order valence-corrected chi connectivity index (χ0v) is 11.8. The number of hydrogen-bond acceptors (Lipinski definition) is 3. The molecule has 0 spiro atoms. The third-order valence-corrected chi connectivity index (χ3v) is 2.69. The molecule has 1 amide bonds. The van der Waals surface area contributed by atoms with Gasteiger partial charge in [0.25, 0.3) is 0 Å². The molecule has 1 rings (SSSR count). The molecular weight excluding hydrogens is 252 g/mol. The van der Waals surface area contributed by atoms with Crippen LogP contribution >= 0.6 is 12.4 Å². The number of ether oxygens (including phenoxy) is 1. The third-order valence-electron chi connectivity index (χ3n) is 2.69. The molecule has 0 fully saturated rings. The Balaban J connectivity index is 0.00000289. The average Bonchev–Trinajstić information content (AvgIpc) is 2.32. The standard InChI is InChI=1S/C13H20N2O2.ClH/c1-4-5-9(2)13(16)15-12-8-10(17-3)6-7-11(12)14;/h6-9H,4-5,14H2,1-3H3,(H,15,16);1H. The van der Waals surface area contributed by atoms with Crippen molar-refractivity contribution in [1.82, 2.24) is 0 Å². The van der Waals surface area contributed by atoms with E-state index < -0.39 is 0 Å². The summed E-state index contributed by atoms with van der Waals surface area (Å²) in [5.74, 6) is 0.662. The molecule has 0 aromatic heterocycles. The summed E-state index contributed by atoms with van der Waals surface area (Å²) in [6.07, 6.45) is 1.86. The summed E-state index contributed by atoms with van der Waals surface area (Å²) >= 11 is 0. The summed E-state index contributed by atoms with van der Waals surface area (Å²) in [4.78, 5) is 11.8. The lowest BCUT2D eigenvalue weighted by Gasteiger charge is -2.13. The monoisotopic (exact) mass is 272 g/mol. The SMILES string of the molecule is CCCC(C)C(=O)Nc1cc(OC)ccc1N.Cl. The molecular formula is C13H21ClN2O2. The van der Waals surface area contributed by atoms with Crippen molar-refractivity contribution in [3.63, 3.8) is 0 Å². The predicted molar refractivity (Wildman–Crippen MR) is 77.4 cm³/mol. The molecule has 5 heteroatoms. The van der Waals surface area contributed by atoms with Crippen molar-refractivity contribution in [3.05, 3.63) is 18.2 Å². The van der Waals surface area contributed by atoms with Gasteiger partial charge in [-0.05, 0) is 18.6 Å². The number of carbonyl (C=O) groups is 1. The number of nitrogens with one attached hydrogen (secondary N) is 1. The summed E-state index contributed by atoms with van der Waals surface area (Å²) in [6.45, 7) is 3.97. The Bertz CT molecular complexity index is 397. The maximum atomic E-state index is 11.8. The topological polar surface area (TPSA) is 64.3 Å². The molecule has 0 saturated heterocycles. The van der Waals surface area contributed by atoms with Crippen LogP contribution in [0.5, 0.6) is 5.75 Å². The van der Waals surface area contributed by atoms with Crippen LogP contribution in [0.15, 0.2) is 18.2 Å². The van der Waals surface area contributed by atoms with Crippen molar-refractivity contribution in [2.45, 2.75) is 26.7 Å². The van der Waals surface area contributed by atoms with Crippen molar-refractivity contribution < 1.29 is 9.53 Å². The van der Waals surface area contributed by atoms with Gasteiger partial charge in [0, 0.05) is 12.0 Å². The molecule has 1 aromatic carbocycles. The zero-order chi connectivity index (χ0) is 12.8. The summed E-state index contributed by atoms with van der Waals surface area (Å²) in [5.41, 5.74) is 6.95. The van der Waals surface area contributed by atoms with E-state index in [1.165, 1.54) is 0 Å². The maximum Gasteiger partial charge on any atom is 0.227 e. The van der Waals surface area contributed by atoms with Crippen LogP contribution in [0, 0.1) is 5.92 Å².